The molecule has 2 amide bonds. The van der Waals surface area contributed by atoms with Crippen molar-refractivity contribution in [2.45, 2.75) is 51.4 Å². The van der Waals surface area contributed by atoms with Crippen LogP contribution in [0.2, 0.25) is 5.02 Å². The van der Waals surface area contributed by atoms with Crippen LogP contribution < -0.4 is 20.5 Å². The van der Waals surface area contributed by atoms with Crippen LogP contribution in [0.1, 0.15) is 57.9 Å². The fraction of sp³-hybridized carbons (Fsp3) is 0.281. The number of halogens is 5. The predicted octanol–water partition coefficient (Wildman–Crippen LogP) is 6.64. The van der Waals surface area contributed by atoms with Crippen LogP contribution in [0.3, 0.4) is 0 Å². The van der Waals surface area contributed by atoms with Crippen LogP contribution in [0, 0.1) is 0 Å². The van der Waals surface area contributed by atoms with Gasteiger partial charge in [0, 0.05) is 23.1 Å². The van der Waals surface area contributed by atoms with E-state index >= 15 is 0 Å². The number of amides is 2. The molecule has 6 rings (SSSR count). The van der Waals surface area contributed by atoms with E-state index in [1.807, 2.05) is 0 Å². The van der Waals surface area contributed by atoms with Gasteiger partial charge in [0.1, 0.15) is 17.2 Å². The Morgan fingerprint density at radius 2 is 1.67 bits per heavy atom. The minimum Gasteiger partial charge on any atom is -0.490 e. The molecule has 240 valence electrons. The van der Waals surface area contributed by atoms with Gasteiger partial charge in [-0.05, 0) is 95.9 Å². The zero-order chi connectivity index (χ0) is 32.7. The second-order valence-corrected chi connectivity index (χ2v) is 12.3. The molecule has 4 aromatic rings. The predicted molar refractivity (Wildman–Crippen MR) is 167 cm³/mol. The van der Waals surface area contributed by atoms with Gasteiger partial charge >= 0.3 is 12.1 Å². The number of nitrogens with one attached hydrogen (secondary N) is 1. The molecule has 2 aliphatic rings. The minimum atomic E-state index is -4.83. The number of imidazole rings is 1. The van der Waals surface area contributed by atoms with E-state index in [9.17, 15) is 27.6 Å². The van der Waals surface area contributed by atoms with Gasteiger partial charge in [0.25, 0.3) is 11.8 Å². The number of carbonyl (C=O) groups excluding carboxylic acids is 2. The third-order valence-electron chi connectivity index (χ3n) is 7.73. The summed E-state index contributed by atoms with van der Waals surface area (Å²) >= 11 is 9.55. The van der Waals surface area contributed by atoms with Crippen LogP contribution >= 0.6 is 27.5 Å². The Labute approximate surface area is 274 Å². The summed E-state index contributed by atoms with van der Waals surface area (Å²) in [5.41, 5.74) is 1.22. The largest absolute Gasteiger partial charge is 0.573 e. The lowest BCUT2D eigenvalue weighted by Crippen LogP contribution is -2.41. The highest BCUT2D eigenvalue weighted by atomic mass is 79.9. The Morgan fingerprint density at radius 3 is 2.30 bits per heavy atom. The van der Waals surface area contributed by atoms with Gasteiger partial charge in [-0.1, -0.05) is 23.7 Å². The average molecular weight is 720 g/mol. The normalized spacial score (nSPS) is 15.2. The second-order valence-electron chi connectivity index (χ2n) is 11.0. The number of aromatic nitrogens is 2. The van der Waals surface area contributed by atoms with Gasteiger partial charge in [-0.2, -0.15) is 0 Å². The Hall–Kier alpha value is -4.23. The SMILES string of the molecule is C[C@@H](NC(=O)c1c2n(c(=O)n1-c1ccc(OC3CC3)cc1)CCN(C(=O)c1ccc(Br)c(Cl)c1)C2)c1ccc(OC(F)(F)F)cc1. The summed E-state index contributed by atoms with van der Waals surface area (Å²) in [5, 5.41) is 3.23. The topological polar surface area (TPSA) is 94.8 Å². The monoisotopic (exact) mass is 718 g/mol. The number of nitrogens with zero attached hydrogens (tertiary/aromatic N) is 3. The molecule has 1 fully saturated rings. The first-order valence-electron chi connectivity index (χ1n) is 14.4. The third-order valence-corrected chi connectivity index (χ3v) is 8.96. The fourth-order valence-corrected chi connectivity index (χ4v) is 5.70. The molecule has 1 aliphatic carbocycles. The van der Waals surface area contributed by atoms with Gasteiger partial charge in [0.15, 0.2) is 0 Å². The maximum absolute atomic E-state index is 14.0. The smallest absolute Gasteiger partial charge is 0.490 e. The van der Waals surface area contributed by atoms with Crippen molar-refractivity contribution in [1.82, 2.24) is 19.4 Å². The van der Waals surface area contributed by atoms with Gasteiger partial charge < -0.3 is 19.7 Å². The van der Waals surface area contributed by atoms with E-state index in [-0.39, 0.29) is 37.3 Å². The van der Waals surface area contributed by atoms with Crippen molar-refractivity contribution < 1.29 is 32.2 Å². The molecule has 0 saturated heterocycles. The first-order valence-corrected chi connectivity index (χ1v) is 15.6. The van der Waals surface area contributed by atoms with Crippen molar-refractivity contribution in [3.63, 3.8) is 0 Å². The molecule has 9 nitrogen and oxygen atoms in total. The van der Waals surface area contributed by atoms with E-state index in [2.05, 4.69) is 26.0 Å². The van der Waals surface area contributed by atoms with E-state index in [1.165, 1.54) is 21.3 Å². The van der Waals surface area contributed by atoms with Crippen LogP contribution in [0.25, 0.3) is 5.69 Å². The van der Waals surface area contributed by atoms with Crippen LogP contribution in [-0.2, 0) is 13.1 Å². The Bertz CT molecular complexity index is 1850. The maximum atomic E-state index is 14.0. The number of hydrogen-bond acceptors (Lipinski definition) is 5. The summed E-state index contributed by atoms with van der Waals surface area (Å²) in [6, 6.07) is 16.2. The van der Waals surface area contributed by atoms with Crippen molar-refractivity contribution >= 4 is 39.3 Å². The molecular weight excluding hydrogens is 693 g/mol. The van der Waals surface area contributed by atoms with Gasteiger partial charge in [0.05, 0.1) is 35.1 Å². The number of benzene rings is 3. The summed E-state index contributed by atoms with van der Waals surface area (Å²) in [7, 11) is 0. The molecule has 3 aromatic carbocycles. The highest BCUT2D eigenvalue weighted by Gasteiger charge is 2.34. The van der Waals surface area contributed by atoms with Gasteiger partial charge in [-0.25, -0.2) is 4.79 Å². The lowest BCUT2D eigenvalue weighted by molar-refractivity contribution is -0.274. The Balaban J connectivity index is 1.33. The van der Waals surface area contributed by atoms with Crippen molar-refractivity contribution in [3.05, 3.63) is 109 Å². The number of alkyl halides is 3. The molecule has 0 bridgehead atoms. The molecule has 0 radical (unpaired) electrons. The van der Waals surface area contributed by atoms with Crippen molar-refractivity contribution in [1.29, 1.82) is 0 Å². The van der Waals surface area contributed by atoms with Crippen LogP contribution in [-0.4, -0.2) is 44.9 Å². The minimum absolute atomic E-state index is 0.0295. The lowest BCUT2D eigenvalue weighted by atomic mass is 10.1. The highest BCUT2D eigenvalue weighted by Crippen LogP contribution is 2.30. The number of fused-ring (bicyclic) bond motifs is 1. The van der Waals surface area contributed by atoms with E-state index in [1.54, 1.807) is 54.3 Å². The number of hydrogen-bond donors (Lipinski definition) is 1. The highest BCUT2D eigenvalue weighted by molar-refractivity contribution is 9.10. The quantitative estimate of drug-likeness (QED) is 0.221. The van der Waals surface area contributed by atoms with Crippen LogP contribution in [0.15, 0.2) is 76.0 Å². The Morgan fingerprint density at radius 1 is 1.00 bits per heavy atom. The second kappa shape index (κ2) is 12.5. The molecule has 0 unspecified atom stereocenters. The summed E-state index contributed by atoms with van der Waals surface area (Å²) in [6.45, 7) is 2.01. The average Bonchev–Trinajstić information content (AvgIpc) is 3.79. The zero-order valence-corrected chi connectivity index (χ0v) is 26.7. The molecule has 14 heteroatoms. The summed E-state index contributed by atoms with van der Waals surface area (Å²) in [6.07, 6.45) is -2.69. The van der Waals surface area contributed by atoms with Gasteiger partial charge in [-0.15, -0.1) is 13.2 Å². The van der Waals surface area contributed by atoms with E-state index in [0.717, 1.165) is 25.0 Å². The number of rotatable bonds is 8. The molecule has 1 aromatic heterocycles. The number of ether oxygens (including phenoxy) is 2. The first-order chi connectivity index (χ1) is 21.9. The van der Waals surface area contributed by atoms with Gasteiger partial charge in [0.2, 0.25) is 0 Å². The van der Waals surface area contributed by atoms with E-state index in [4.69, 9.17) is 16.3 Å². The summed E-state index contributed by atoms with van der Waals surface area (Å²) in [5.74, 6) is -0.668. The summed E-state index contributed by atoms with van der Waals surface area (Å²) in [4.78, 5) is 42.9. The molecule has 1 N–H and O–H groups in total. The molecule has 1 atom stereocenters. The fourth-order valence-electron chi connectivity index (χ4n) is 5.28. The van der Waals surface area contributed by atoms with E-state index in [0.29, 0.717) is 37.8 Å². The Kier molecular flexibility index (Phi) is 8.64. The molecular formula is C32H27BrClF3N4O5. The molecule has 2 heterocycles. The summed E-state index contributed by atoms with van der Waals surface area (Å²) < 4.78 is 51.1. The van der Waals surface area contributed by atoms with Crippen molar-refractivity contribution in [3.8, 4) is 17.2 Å². The molecule has 0 spiro atoms. The molecule has 1 aliphatic heterocycles. The van der Waals surface area contributed by atoms with Crippen molar-refractivity contribution in [2.24, 2.45) is 0 Å². The standard InChI is InChI=1S/C32H27BrClF3N4O5/c1-18(19-2-7-24(8-3-19)46-32(35,36)37)38-29(42)28-27-17-39(30(43)20-4-13-25(33)26(34)16-20)14-15-40(27)31(44)41(28)21-5-9-22(10-6-21)45-23-11-12-23/h2-10,13,16,18,23H,11-12,14-15,17H2,1H3,(H,38,42)/t18-/m1/s1. The van der Waals surface area contributed by atoms with Crippen molar-refractivity contribution in [2.75, 3.05) is 6.54 Å². The molecule has 1 saturated carbocycles. The maximum Gasteiger partial charge on any atom is 0.573 e. The first kappa shape index (κ1) is 31.7. The zero-order valence-electron chi connectivity index (χ0n) is 24.3. The molecule has 46 heavy (non-hydrogen) atoms. The third kappa shape index (κ3) is 6.80. The van der Waals surface area contributed by atoms with Gasteiger partial charge in [-0.3, -0.25) is 18.7 Å². The van der Waals surface area contributed by atoms with E-state index < -0.39 is 29.8 Å². The van der Waals surface area contributed by atoms with Crippen LogP contribution in [0.4, 0.5) is 13.2 Å². The van der Waals surface area contributed by atoms with Crippen LogP contribution in [0.5, 0.6) is 11.5 Å². The number of carbonyl (C=O) groups is 2. The lowest BCUT2D eigenvalue weighted by Gasteiger charge is -2.28.